The molecule has 0 aliphatic carbocycles. The summed E-state index contributed by atoms with van der Waals surface area (Å²) in [6.07, 6.45) is 3.24. The van der Waals surface area contributed by atoms with Gasteiger partial charge in [0.25, 0.3) is 0 Å². The van der Waals surface area contributed by atoms with Gasteiger partial charge in [0, 0.05) is 15.5 Å². The summed E-state index contributed by atoms with van der Waals surface area (Å²) < 4.78 is 1.12. The maximum absolute atomic E-state index is 6.16. The topological polar surface area (TPSA) is 12.0 Å². The van der Waals surface area contributed by atoms with Crippen LogP contribution < -0.4 is 5.32 Å². The zero-order chi connectivity index (χ0) is 15.1. The molecule has 0 radical (unpaired) electrons. The lowest BCUT2D eigenvalue weighted by molar-refractivity contribution is 0.498. The first-order chi connectivity index (χ1) is 10.2. The van der Waals surface area contributed by atoms with E-state index in [0.29, 0.717) is 6.04 Å². The predicted molar refractivity (Wildman–Crippen MR) is 94.9 cm³/mol. The van der Waals surface area contributed by atoms with E-state index >= 15 is 0 Å². The third kappa shape index (κ3) is 5.14. The summed E-state index contributed by atoms with van der Waals surface area (Å²) in [7, 11) is 0. The third-order valence-electron chi connectivity index (χ3n) is 3.54. The molecule has 3 heteroatoms. The van der Waals surface area contributed by atoms with Crippen LogP contribution in [0.25, 0.3) is 0 Å². The predicted octanol–water partition coefficient (Wildman–Crippen LogP) is 5.78. The normalized spacial score (nSPS) is 12.3. The molecular formula is C18H21BrClN. The maximum Gasteiger partial charge on any atom is 0.0410 e. The molecular weight excluding hydrogens is 346 g/mol. The minimum atomic E-state index is 0.318. The van der Waals surface area contributed by atoms with Crippen molar-refractivity contribution in [3.63, 3.8) is 0 Å². The zero-order valence-corrected chi connectivity index (χ0v) is 14.6. The summed E-state index contributed by atoms with van der Waals surface area (Å²) in [6, 6.07) is 16.9. The van der Waals surface area contributed by atoms with Crippen LogP contribution in [-0.2, 0) is 6.42 Å². The van der Waals surface area contributed by atoms with Gasteiger partial charge in [0.05, 0.1) is 0 Å². The van der Waals surface area contributed by atoms with Crippen molar-refractivity contribution < 1.29 is 0 Å². The number of benzene rings is 2. The van der Waals surface area contributed by atoms with Gasteiger partial charge in [0.15, 0.2) is 0 Å². The Balaban J connectivity index is 2.12. The van der Waals surface area contributed by atoms with E-state index in [-0.39, 0.29) is 0 Å². The molecule has 0 spiro atoms. The highest BCUT2D eigenvalue weighted by Crippen LogP contribution is 2.29. The van der Waals surface area contributed by atoms with Crippen molar-refractivity contribution in [2.24, 2.45) is 0 Å². The molecule has 1 unspecified atom stereocenters. The van der Waals surface area contributed by atoms with Gasteiger partial charge in [0.2, 0.25) is 0 Å². The molecule has 1 nitrogen and oxygen atoms in total. The van der Waals surface area contributed by atoms with E-state index in [4.69, 9.17) is 11.6 Å². The van der Waals surface area contributed by atoms with Crippen LogP contribution >= 0.6 is 27.5 Å². The zero-order valence-electron chi connectivity index (χ0n) is 12.3. The van der Waals surface area contributed by atoms with E-state index in [1.165, 1.54) is 11.1 Å². The van der Waals surface area contributed by atoms with Gasteiger partial charge in [0.1, 0.15) is 0 Å². The van der Waals surface area contributed by atoms with Crippen molar-refractivity contribution >= 4 is 27.5 Å². The highest BCUT2D eigenvalue weighted by atomic mass is 79.9. The molecule has 2 aromatic carbocycles. The van der Waals surface area contributed by atoms with Crippen molar-refractivity contribution in [1.82, 2.24) is 5.32 Å². The minimum Gasteiger partial charge on any atom is -0.310 e. The van der Waals surface area contributed by atoms with E-state index in [9.17, 15) is 0 Å². The largest absolute Gasteiger partial charge is 0.310 e. The highest BCUT2D eigenvalue weighted by molar-refractivity contribution is 9.10. The van der Waals surface area contributed by atoms with Gasteiger partial charge >= 0.3 is 0 Å². The first-order valence-electron chi connectivity index (χ1n) is 7.43. The van der Waals surface area contributed by atoms with Gasteiger partial charge in [-0.2, -0.15) is 0 Å². The Labute approximate surface area is 140 Å². The molecule has 0 saturated carbocycles. The van der Waals surface area contributed by atoms with E-state index in [2.05, 4.69) is 64.6 Å². The van der Waals surface area contributed by atoms with Gasteiger partial charge < -0.3 is 5.32 Å². The molecule has 0 aromatic heterocycles. The Morgan fingerprint density at radius 1 is 1.14 bits per heavy atom. The Kier molecular flexibility index (Phi) is 6.75. The molecule has 0 saturated heterocycles. The monoisotopic (exact) mass is 365 g/mol. The Morgan fingerprint density at radius 3 is 2.62 bits per heavy atom. The molecule has 1 N–H and O–H groups in total. The average Bonchev–Trinajstić information content (AvgIpc) is 2.51. The lowest BCUT2D eigenvalue weighted by Gasteiger charge is -2.21. The second kappa shape index (κ2) is 8.57. The number of nitrogens with one attached hydrogen (secondary N) is 1. The van der Waals surface area contributed by atoms with E-state index in [1.807, 2.05) is 12.1 Å². The molecule has 0 fully saturated rings. The smallest absolute Gasteiger partial charge is 0.0410 e. The van der Waals surface area contributed by atoms with Crippen LogP contribution in [0.15, 0.2) is 53.0 Å². The van der Waals surface area contributed by atoms with Crippen LogP contribution in [0.1, 0.15) is 36.9 Å². The molecule has 21 heavy (non-hydrogen) atoms. The van der Waals surface area contributed by atoms with Gasteiger partial charge in [-0.05, 0) is 55.1 Å². The van der Waals surface area contributed by atoms with Crippen molar-refractivity contribution in [3.05, 3.63) is 69.2 Å². The average molecular weight is 367 g/mol. The van der Waals surface area contributed by atoms with Gasteiger partial charge in [-0.3, -0.25) is 0 Å². The summed E-state index contributed by atoms with van der Waals surface area (Å²) >= 11 is 9.81. The molecule has 0 amide bonds. The fourth-order valence-electron chi connectivity index (χ4n) is 2.42. The quantitative estimate of drug-likeness (QED) is 0.655. The first-order valence-corrected chi connectivity index (χ1v) is 8.60. The second-order valence-electron chi connectivity index (χ2n) is 5.20. The number of aryl methyl sites for hydroxylation is 1. The lowest BCUT2D eigenvalue weighted by atomic mass is 9.99. The molecule has 0 aliphatic heterocycles. The van der Waals surface area contributed by atoms with Crippen LogP contribution in [-0.4, -0.2) is 6.54 Å². The Hall–Kier alpha value is -0.830. The Morgan fingerprint density at radius 2 is 1.90 bits per heavy atom. The summed E-state index contributed by atoms with van der Waals surface area (Å²) in [5, 5.41) is 4.42. The van der Waals surface area contributed by atoms with E-state index < -0.39 is 0 Å². The van der Waals surface area contributed by atoms with Crippen molar-refractivity contribution in [2.75, 3.05) is 6.54 Å². The molecule has 0 aliphatic rings. The van der Waals surface area contributed by atoms with Crippen molar-refractivity contribution in [1.29, 1.82) is 0 Å². The fraction of sp³-hybridized carbons (Fsp3) is 0.333. The first kappa shape index (κ1) is 16.5. The lowest BCUT2D eigenvalue weighted by Crippen LogP contribution is -2.23. The van der Waals surface area contributed by atoms with Gasteiger partial charge in [-0.1, -0.05) is 64.8 Å². The van der Waals surface area contributed by atoms with E-state index in [0.717, 1.165) is 35.3 Å². The number of halogens is 2. The number of rotatable bonds is 7. The SMILES string of the molecule is CCCNC(CCc1ccccc1)c1cc(Cl)ccc1Br. The molecule has 2 aromatic rings. The van der Waals surface area contributed by atoms with Gasteiger partial charge in [-0.25, -0.2) is 0 Å². The van der Waals surface area contributed by atoms with Crippen molar-refractivity contribution in [2.45, 2.75) is 32.2 Å². The van der Waals surface area contributed by atoms with E-state index in [1.54, 1.807) is 0 Å². The fourth-order valence-corrected chi connectivity index (χ4v) is 3.13. The van der Waals surface area contributed by atoms with Crippen LogP contribution in [0.5, 0.6) is 0 Å². The molecule has 0 heterocycles. The van der Waals surface area contributed by atoms with Crippen LogP contribution in [0.3, 0.4) is 0 Å². The van der Waals surface area contributed by atoms with Gasteiger partial charge in [-0.15, -0.1) is 0 Å². The standard InChI is InChI=1S/C18H21BrClN/c1-2-12-21-18(11-8-14-6-4-3-5-7-14)16-13-15(20)9-10-17(16)19/h3-7,9-10,13,18,21H,2,8,11-12H2,1H3. The molecule has 1 atom stereocenters. The summed E-state index contributed by atoms with van der Waals surface area (Å²) in [5.74, 6) is 0. The summed E-state index contributed by atoms with van der Waals surface area (Å²) in [4.78, 5) is 0. The Bertz CT molecular complexity index is 556. The highest BCUT2D eigenvalue weighted by Gasteiger charge is 2.14. The molecule has 2 rings (SSSR count). The molecule has 0 bridgehead atoms. The molecule has 112 valence electrons. The summed E-state index contributed by atoms with van der Waals surface area (Å²) in [5.41, 5.74) is 2.62. The minimum absolute atomic E-state index is 0.318. The van der Waals surface area contributed by atoms with Crippen LogP contribution in [0.2, 0.25) is 5.02 Å². The number of hydrogen-bond donors (Lipinski definition) is 1. The maximum atomic E-state index is 6.16. The van der Waals surface area contributed by atoms with Crippen LogP contribution in [0, 0.1) is 0 Å². The van der Waals surface area contributed by atoms with Crippen molar-refractivity contribution in [3.8, 4) is 0 Å². The number of hydrogen-bond acceptors (Lipinski definition) is 1. The second-order valence-corrected chi connectivity index (χ2v) is 6.49. The summed E-state index contributed by atoms with van der Waals surface area (Å²) in [6.45, 7) is 3.20. The third-order valence-corrected chi connectivity index (χ3v) is 4.50. The van der Waals surface area contributed by atoms with Crippen LogP contribution in [0.4, 0.5) is 0 Å².